The number of hydrogen-bond donors (Lipinski definition) is 1. The summed E-state index contributed by atoms with van der Waals surface area (Å²) in [7, 11) is 0. The van der Waals surface area contributed by atoms with Gasteiger partial charge in [-0.15, -0.1) is 11.8 Å². The average Bonchev–Trinajstić information content (AvgIpc) is 3.02. The Morgan fingerprint density at radius 1 is 1.35 bits per heavy atom. The van der Waals surface area contributed by atoms with Crippen molar-refractivity contribution >= 4 is 50.0 Å². The third-order valence-electron chi connectivity index (χ3n) is 3.53. The molecule has 0 aliphatic heterocycles. The Morgan fingerprint density at radius 2 is 2.15 bits per heavy atom. The number of anilines is 1. The highest BCUT2D eigenvalue weighted by Crippen LogP contribution is 2.31. The number of amides is 1. The van der Waals surface area contributed by atoms with Gasteiger partial charge in [0.15, 0.2) is 5.13 Å². The number of ether oxygens (including phenoxy) is 1. The van der Waals surface area contributed by atoms with Crippen LogP contribution in [0.25, 0.3) is 10.2 Å². The van der Waals surface area contributed by atoms with Gasteiger partial charge in [0.25, 0.3) is 11.6 Å². The van der Waals surface area contributed by atoms with Crippen LogP contribution in [0.5, 0.6) is 5.75 Å². The van der Waals surface area contributed by atoms with Crippen LogP contribution in [-0.2, 0) is 0 Å². The van der Waals surface area contributed by atoms with E-state index in [-0.39, 0.29) is 11.3 Å². The number of nitrogens with one attached hydrogen (secondary N) is 1. The topological polar surface area (TPSA) is 94.4 Å². The number of fused-ring (bicyclic) bond motifs is 1. The van der Waals surface area contributed by atoms with Crippen LogP contribution < -0.4 is 10.1 Å². The van der Waals surface area contributed by atoms with Crippen molar-refractivity contribution in [2.24, 2.45) is 0 Å². The van der Waals surface area contributed by atoms with Gasteiger partial charge in [-0.1, -0.05) is 11.3 Å². The molecule has 3 rings (SSSR count). The number of carbonyl (C=O) groups excluding carboxylic acids is 1. The quantitative estimate of drug-likeness (QED) is 0.377. The summed E-state index contributed by atoms with van der Waals surface area (Å²) in [4.78, 5) is 28.0. The molecule has 1 heterocycles. The van der Waals surface area contributed by atoms with Gasteiger partial charge >= 0.3 is 0 Å². The van der Waals surface area contributed by atoms with Crippen LogP contribution >= 0.6 is 23.1 Å². The third-order valence-corrected chi connectivity index (χ3v) is 5.25. The van der Waals surface area contributed by atoms with E-state index < -0.39 is 10.8 Å². The zero-order valence-electron chi connectivity index (χ0n) is 14.0. The Hall–Kier alpha value is -2.65. The summed E-state index contributed by atoms with van der Waals surface area (Å²) in [6.07, 6.45) is 1.75. The molecule has 9 heteroatoms. The van der Waals surface area contributed by atoms with Gasteiger partial charge in [-0.3, -0.25) is 20.2 Å². The van der Waals surface area contributed by atoms with Crippen molar-refractivity contribution in [1.82, 2.24) is 4.98 Å². The van der Waals surface area contributed by atoms with Crippen molar-refractivity contribution in [2.45, 2.75) is 11.8 Å². The molecule has 0 radical (unpaired) electrons. The van der Waals surface area contributed by atoms with Crippen LogP contribution in [0, 0.1) is 10.1 Å². The van der Waals surface area contributed by atoms with Crippen molar-refractivity contribution in [3.8, 4) is 5.75 Å². The van der Waals surface area contributed by atoms with E-state index in [1.165, 1.54) is 29.2 Å². The first-order chi connectivity index (χ1) is 12.5. The predicted octanol–water partition coefficient (Wildman–Crippen LogP) is 4.58. The molecule has 26 heavy (non-hydrogen) atoms. The molecule has 0 aliphatic carbocycles. The fourth-order valence-corrected chi connectivity index (χ4v) is 3.79. The highest BCUT2D eigenvalue weighted by atomic mass is 32.2. The minimum Gasteiger partial charge on any atom is -0.494 e. The smallest absolute Gasteiger partial charge is 0.283 e. The van der Waals surface area contributed by atoms with Crippen molar-refractivity contribution in [3.63, 3.8) is 0 Å². The molecule has 0 fully saturated rings. The van der Waals surface area contributed by atoms with E-state index in [2.05, 4.69) is 10.3 Å². The fraction of sp³-hybridized carbons (Fsp3) is 0.176. The number of nitro groups is 1. The lowest BCUT2D eigenvalue weighted by Crippen LogP contribution is -2.12. The predicted molar refractivity (Wildman–Crippen MR) is 104 cm³/mol. The minimum atomic E-state index is -0.491. The molecule has 0 bridgehead atoms. The average molecular weight is 389 g/mol. The molecule has 0 aliphatic rings. The molecule has 1 amide bonds. The number of benzene rings is 2. The number of thioether (sulfide) groups is 1. The van der Waals surface area contributed by atoms with Gasteiger partial charge in [-0.25, -0.2) is 4.98 Å². The summed E-state index contributed by atoms with van der Waals surface area (Å²) in [5, 5.41) is 14.3. The van der Waals surface area contributed by atoms with Gasteiger partial charge < -0.3 is 4.74 Å². The molecule has 2 aromatic carbocycles. The molecule has 0 unspecified atom stereocenters. The molecule has 1 N–H and O–H groups in total. The largest absolute Gasteiger partial charge is 0.494 e. The van der Waals surface area contributed by atoms with E-state index >= 15 is 0 Å². The lowest BCUT2D eigenvalue weighted by Gasteiger charge is -2.04. The van der Waals surface area contributed by atoms with Crippen molar-refractivity contribution in [2.75, 3.05) is 18.2 Å². The Balaban J connectivity index is 1.84. The van der Waals surface area contributed by atoms with E-state index in [0.717, 1.165) is 16.0 Å². The number of thiazole rings is 1. The molecule has 0 atom stereocenters. The standard InChI is InChI=1S/C17H15N3O4S2/c1-3-24-11-5-6-12-15(9-11)26-17(18-12)19-16(21)10-4-7-14(25-2)13(8-10)20(22)23/h4-9H,3H2,1-2H3,(H,18,19,21). The summed E-state index contributed by atoms with van der Waals surface area (Å²) in [5.74, 6) is 0.301. The number of aromatic nitrogens is 1. The molecular formula is C17H15N3O4S2. The van der Waals surface area contributed by atoms with Crippen LogP contribution in [0.3, 0.4) is 0 Å². The van der Waals surface area contributed by atoms with Gasteiger partial charge in [0, 0.05) is 11.6 Å². The van der Waals surface area contributed by atoms with Gasteiger partial charge in [0.05, 0.1) is 26.6 Å². The van der Waals surface area contributed by atoms with Crippen LogP contribution in [0.15, 0.2) is 41.3 Å². The van der Waals surface area contributed by atoms with Crippen LogP contribution in [0.4, 0.5) is 10.8 Å². The Bertz CT molecular complexity index is 987. The lowest BCUT2D eigenvalue weighted by molar-refractivity contribution is -0.387. The zero-order valence-corrected chi connectivity index (χ0v) is 15.6. The first kappa shape index (κ1) is 18.2. The molecule has 134 valence electrons. The normalized spacial score (nSPS) is 10.7. The summed E-state index contributed by atoms with van der Waals surface area (Å²) in [6, 6.07) is 9.93. The molecule has 0 spiro atoms. The van der Waals surface area contributed by atoms with E-state index in [4.69, 9.17) is 4.74 Å². The molecule has 3 aromatic rings. The second-order valence-corrected chi connectivity index (χ2v) is 7.06. The minimum absolute atomic E-state index is 0.0872. The summed E-state index contributed by atoms with van der Waals surface area (Å²) < 4.78 is 6.34. The van der Waals surface area contributed by atoms with E-state index in [0.29, 0.717) is 16.6 Å². The van der Waals surface area contributed by atoms with Gasteiger partial charge in [0.2, 0.25) is 0 Å². The first-order valence-corrected chi connectivity index (χ1v) is 9.73. The second kappa shape index (κ2) is 7.71. The summed E-state index contributed by atoms with van der Waals surface area (Å²) in [6.45, 7) is 2.47. The van der Waals surface area contributed by atoms with Crippen molar-refractivity contribution in [3.05, 3.63) is 52.1 Å². The lowest BCUT2D eigenvalue weighted by atomic mass is 10.2. The SMILES string of the molecule is CCOc1ccc2nc(NC(=O)c3ccc(SC)c([N+](=O)[O-])c3)sc2c1. The summed E-state index contributed by atoms with van der Waals surface area (Å²) >= 11 is 2.58. The zero-order chi connectivity index (χ0) is 18.7. The summed E-state index contributed by atoms with van der Waals surface area (Å²) in [5.41, 5.74) is 0.872. The van der Waals surface area contributed by atoms with Crippen LogP contribution in [-0.4, -0.2) is 28.7 Å². The number of nitro benzene ring substituents is 1. The monoisotopic (exact) mass is 389 g/mol. The molecule has 1 aromatic heterocycles. The van der Waals surface area contributed by atoms with Gasteiger partial charge in [0.1, 0.15) is 5.75 Å². The van der Waals surface area contributed by atoms with Crippen LogP contribution in [0.2, 0.25) is 0 Å². The van der Waals surface area contributed by atoms with E-state index in [1.54, 1.807) is 18.4 Å². The molecule has 7 nitrogen and oxygen atoms in total. The Morgan fingerprint density at radius 3 is 2.85 bits per heavy atom. The number of hydrogen-bond acceptors (Lipinski definition) is 7. The molecule has 0 saturated carbocycles. The maximum atomic E-state index is 12.4. The first-order valence-electron chi connectivity index (χ1n) is 7.69. The number of rotatable bonds is 6. The van der Waals surface area contributed by atoms with E-state index in [9.17, 15) is 14.9 Å². The molecule has 0 saturated heterocycles. The maximum Gasteiger partial charge on any atom is 0.283 e. The Labute approximate surface area is 157 Å². The van der Waals surface area contributed by atoms with Crippen molar-refractivity contribution < 1.29 is 14.5 Å². The maximum absolute atomic E-state index is 12.4. The number of carbonyl (C=O) groups is 1. The fourth-order valence-electron chi connectivity index (χ4n) is 2.36. The van der Waals surface area contributed by atoms with Crippen LogP contribution in [0.1, 0.15) is 17.3 Å². The van der Waals surface area contributed by atoms with Crippen molar-refractivity contribution in [1.29, 1.82) is 0 Å². The Kier molecular flexibility index (Phi) is 5.38. The highest BCUT2D eigenvalue weighted by Gasteiger charge is 2.18. The second-order valence-electron chi connectivity index (χ2n) is 5.18. The highest BCUT2D eigenvalue weighted by molar-refractivity contribution is 7.98. The van der Waals surface area contributed by atoms with Gasteiger partial charge in [-0.2, -0.15) is 0 Å². The number of nitrogens with zero attached hydrogens (tertiary/aromatic N) is 2. The van der Waals surface area contributed by atoms with E-state index in [1.807, 2.05) is 25.1 Å². The van der Waals surface area contributed by atoms with Gasteiger partial charge in [-0.05, 0) is 43.5 Å². The molecular weight excluding hydrogens is 374 g/mol. The third kappa shape index (κ3) is 3.78.